The Morgan fingerprint density at radius 2 is 1.96 bits per heavy atom. The van der Waals surface area contributed by atoms with Gasteiger partial charge in [-0.15, -0.1) is 0 Å². The van der Waals surface area contributed by atoms with Gasteiger partial charge in [-0.1, -0.05) is 30.9 Å². The van der Waals surface area contributed by atoms with E-state index < -0.39 is 0 Å². The molecule has 0 bridgehead atoms. The summed E-state index contributed by atoms with van der Waals surface area (Å²) >= 11 is 11.6. The topological polar surface area (TPSA) is 54.9 Å². The van der Waals surface area contributed by atoms with Crippen molar-refractivity contribution in [1.82, 2.24) is 10.7 Å². The molecule has 25 heavy (non-hydrogen) atoms. The van der Waals surface area contributed by atoms with Crippen LogP contribution in [0.1, 0.15) is 51.5 Å². The third-order valence-corrected chi connectivity index (χ3v) is 4.43. The highest BCUT2D eigenvalue weighted by atomic mass is 35.5. The molecule has 0 spiro atoms. The molecule has 2 rings (SSSR count). The molecule has 2 N–H and O–H groups in total. The van der Waals surface area contributed by atoms with Gasteiger partial charge in [0, 0.05) is 6.04 Å². The molecule has 1 aliphatic carbocycles. The third kappa shape index (κ3) is 6.36. The van der Waals surface area contributed by atoms with Crippen molar-refractivity contribution in [1.29, 1.82) is 0 Å². The second-order valence-corrected chi connectivity index (χ2v) is 6.69. The summed E-state index contributed by atoms with van der Waals surface area (Å²) in [5.41, 5.74) is 3.67. The smallest absolute Gasteiger partial charge is 0.187 e. The first-order valence-electron chi connectivity index (χ1n) is 8.82. The molecule has 1 aliphatic rings. The van der Waals surface area contributed by atoms with Crippen LogP contribution in [0.15, 0.2) is 17.2 Å². The second kappa shape index (κ2) is 10.5. The first kappa shape index (κ1) is 19.8. The van der Waals surface area contributed by atoms with Gasteiger partial charge in [0.15, 0.2) is 16.6 Å². The van der Waals surface area contributed by atoms with Gasteiger partial charge < -0.3 is 14.8 Å². The molecular formula is C18H26ClN3O2S. The van der Waals surface area contributed by atoms with E-state index in [0.29, 0.717) is 40.9 Å². The number of rotatable bonds is 7. The van der Waals surface area contributed by atoms with E-state index in [-0.39, 0.29) is 0 Å². The molecule has 0 atom stereocenters. The summed E-state index contributed by atoms with van der Waals surface area (Å²) in [6.07, 6.45) is 7.83. The van der Waals surface area contributed by atoms with Gasteiger partial charge in [-0.25, -0.2) is 0 Å². The van der Waals surface area contributed by atoms with Gasteiger partial charge in [-0.05, 0) is 56.6 Å². The predicted octanol–water partition coefficient (Wildman–Crippen LogP) is 4.27. The van der Waals surface area contributed by atoms with Gasteiger partial charge in [0.05, 0.1) is 24.5 Å². The number of ether oxygens (including phenoxy) is 2. The molecule has 0 unspecified atom stereocenters. The largest absolute Gasteiger partial charge is 0.490 e. The quantitative estimate of drug-likeness (QED) is 0.418. The molecule has 0 aliphatic heterocycles. The van der Waals surface area contributed by atoms with Crippen LogP contribution in [0.25, 0.3) is 0 Å². The van der Waals surface area contributed by atoms with Crippen molar-refractivity contribution in [3.63, 3.8) is 0 Å². The molecule has 0 saturated heterocycles. The molecule has 0 heterocycles. The monoisotopic (exact) mass is 383 g/mol. The highest BCUT2D eigenvalue weighted by molar-refractivity contribution is 7.80. The van der Waals surface area contributed by atoms with Crippen LogP contribution in [0.4, 0.5) is 0 Å². The minimum Gasteiger partial charge on any atom is -0.490 e. The third-order valence-electron chi connectivity index (χ3n) is 3.94. The van der Waals surface area contributed by atoms with E-state index in [4.69, 9.17) is 33.3 Å². The van der Waals surface area contributed by atoms with Crippen molar-refractivity contribution in [2.75, 3.05) is 13.2 Å². The highest BCUT2D eigenvalue weighted by Gasteiger charge is 2.14. The minimum atomic E-state index is 0.452. The lowest BCUT2D eigenvalue weighted by Gasteiger charge is -2.23. The maximum atomic E-state index is 6.29. The number of hydrogen-bond donors (Lipinski definition) is 2. The van der Waals surface area contributed by atoms with Crippen LogP contribution >= 0.6 is 23.8 Å². The number of hydrazone groups is 1. The van der Waals surface area contributed by atoms with Crippen LogP contribution in [-0.4, -0.2) is 30.6 Å². The Balaban J connectivity index is 1.96. The minimum absolute atomic E-state index is 0.452. The molecule has 1 saturated carbocycles. The number of hydrogen-bond acceptors (Lipinski definition) is 4. The van der Waals surface area contributed by atoms with E-state index in [0.717, 1.165) is 18.4 Å². The Morgan fingerprint density at radius 1 is 1.24 bits per heavy atom. The normalized spacial score (nSPS) is 15.2. The number of nitrogens with one attached hydrogen (secondary N) is 2. The summed E-state index contributed by atoms with van der Waals surface area (Å²) < 4.78 is 11.2. The highest BCUT2D eigenvalue weighted by Crippen LogP contribution is 2.36. The van der Waals surface area contributed by atoms with E-state index in [9.17, 15) is 0 Å². The molecule has 0 radical (unpaired) electrons. The first-order chi connectivity index (χ1) is 12.1. The van der Waals surface area contributed by atoms with Crippen molar-refractivity contribution in [2.45, 2.75) is 52.0 Å². The molecule has 5 nitrogen and oxygen atoms in total. The average molecular weight is 384 g/mol. The zero-order valence-electron chi connectivity index (χ0n) is 14.8. The standard InChI is InChI=1S/C18H26ClN3O2S/c1-3-23-16-11-13(10-15(19)17(16)24-4-2)12-20-22-18(25)21-14-8-6-5-7-9-14/h10-12,14H,3-9H2,1-2H3,(H2,21,22,25)/b20-12-. The Hall–Kier alpha value is -1.53. The van der Waals surface area contributed by atoms with E-state index in [1.165, 1.54) is 19.3 Å². The van der Waals surface area contributed by atoms with E-state index in [2.05, 4.69) is 15.8 Å². The lowest BCUT2D eigenvalue weighted by molar-refractivity contribution is 0.288. The molecule has 1 fully saturated rings. The van der Waals surface area contributed by atoms with Crippen molar-refractivity contribution in [3.05, 3.63) is 22.7 Å². The molecule has 0 aromatic heterocycles. The van der Waals surface area contributed by atoms with Gasteiger partial charge >= 0.3 is 0 Å². The van der Waals surface area contributed by atoms with Crippen LogP contribution in [0.2, 0.25) is 5.02 Å². The van der Waals surface area contributed by atoms with Gasteiger partial charge in [0.25, 0.3) is 0 Å². The summed E-state index contributed by atoms with van der Waals surface area (Å²) in [6, 6.07) is 4.09. The van der Waals surface area contributed by atoms with E-state index in [1.807, 2.05) is 19.9 Å². The Kier molecular flexibility index (Phi) is 8.28. The summed E-state index contributed by atoms with van der Waals surface area (Å²) in [7, 11) is 0. The van der Waals surface area contributed by atoms with Crippen LogP contribution in [0.5, 0.6) is 11.5 Å². The fourth-order valence-corrected chi connectivity index (χ4v) is 3.33. The first-order valence-corrected chi connectivity index (χ1v) is 9.61. The maximum Gasteiger partial charge on any atom is 0.187 e. The Bertz CT molecular complexity index is 604. The van der Waals surface area contributed by atoms with Crippen LogP contribution in [0, 0.1) is 0 Å². The van der Waals surface area contributed by atoms with E-state index in [1.54, 1.807) is 12.3 Å². The molecule has 1 aromatic carbocycles. The SMILES string of the molecule is CCOc1cc(/C=N\NC(=S)NC2CCCCC2)cc(Cl)c1OCC. The lowest BCUT2D eigenvalue weighted by Crippen LogP contribution is -2.40. The molecule has 1 aromatic rings. The molecule has 0 amide bonds. The number of nitrogens with zero attached hydrogens (tertiary/aromatic N) is 1. The predicted molar refractivity (Wildman–Crippen MR) is 107 cm³/mol. The van der Waals surface area contributed by atoms with Crippen LogP contribution in [0.3, 0.4) is 0 Å². The molecular weight excluding hydrogens is 358 g/mol. The van der Waals surface area contributed by atoms with E-state index >= 15 is 0 Å². The number of thiocarbonyl (C=S) groups is 1. The summed E-state index contributed by atoms with van der Waals surface area (Å²) in [4.78, 5) is 0. The fraction of sp³-hybridized carbons (Fsp3) is 0.556. The van der Waals surface area contributed by atoms with Gasteiger partial charge in [-0.3, -0.25) is 5.43 Å². The second-order valence-electron chi connectivity index (χ2n) is 5.87. The number of benzene rings is 1. The summed E-state index contributed by atoms with van der Waals surface area (Å²) in [5, 5.41) is 8.55. The summed E-state index contributed by atoms with van der Waals surface area (Å²) in [6.45, 7) is 4.88. The van der Waals surface area contributed by atoms with Crippen molar-refractivity contribution < 1.29 is 9.47 Å². The zero-order valence-corrected chi connectivity index (χ0v) is 16.4. The van der Waals surface area contributed by atoms with Crippen molar-refractivity contribution >= 4 is 35.1 Å². The maximum absolute atomic E-state index is 6.29. The van der Waals surface area contributed by atoms with Crippen molar-refractivity contribution in [3.8, 4) is 11.5 Å². The fourth-order valence-electron chi connectivity index (χ4n) is 2.84. The average Bonchev–Trinajstić information content (AvgIpc) is 2.59. The van der Waals surface area contributed by atoms with Gasteiger partial charge in [0.2, 0.25) is 0 Å². The van der Waals surface area contributed by atoms with Gasteiger partial charge in [0.1, 0.15) is 0 Å². The number of halogens is 1. The van der Waals surface area contributed by atoms with Crippen LogP contribution < -0.4 is 20.2 Å². The lowest BCUT2D eigenvalue weighted by atomic mass is 9.96. The zero-order chi connectivity index (χ0) is 18.1. The van der Waals surface area contributed by atoms with Crippen molar-refractivity contribution in [2.24, 2.45) is 5.10 Å². The Labute approximate surface area is 160 Å². The Morgan fingerprint density at radius 3 is 2.64 bits per heavy atom. The summed E-state index contributed by atoms with van der Waals surface area (Å²) in [5.74, 6) is 1.17. The van der Waals surface area contributed by atoms with Crippen LogP contribution in [-0.2, 0) is 0 Å². The molecule has 7 heteroatoms. The molecule has 138 valence electrons. The van der Waals surface area contributed by atoms with Gasteiger partial charge in [-0.2, -0.15) is 5.10 Å².